The molecule has 1 amide bonds. The molecule has 0 aliphatic heterocycles. The first-order valence-corrected chi connectivity index (χ1v) is 9.97. The van der Waals surface area contributed by atoms with Crippen molar-refractivity contribution in [3.05, 3.63) is 36.2 Å². The van der Waals surface area contributed by atoms with Gasteiger partial charge in [0.1, 0.15) is 0 Å². The molecule has 0 radical (unpaired) electrons. The molecule has 3 rings (SSSR count). The molecule has 1 heterocycles. The fourth-order valence-electron chi connectivity index (χ4n) is 3.30. The van der Waals surface area contributed by atoms with Crippen LogP contribution >= 0.6 is 11.8 Å². The van der Waals surface area contributed by atoms with E-state index < -0.39 is 0 Å². The van der Waals surface area contributed by atoms with E-state index in [0.717, 1.165) is 24.4 Å². The first kappa shape index (κ1) is 18.0. The summed E-state index contributed by atoms with van der Waals surface area (Å²) in [5, 5.41) is 8.80. The Morgan fingerprint density at radius 3 is 2.60 bits per heavy atom. The highest BCUT2D eigenvalue weighted by atomic mass is 32.2. The van der Waals surface area contributed by atoms with Crippen molar-refractivity contribution in [2.45, 2.75) is 63.1 Å². The van der Waals surface area contributed by atoms with Gasteiger partial charge in [-0.2, -0.15) is 0 Å². The first-order chi connectivity index (χ1) is 12.1. The van der Waals surface area contributed by atoms with Crippen molar-refractivity contribution in [1.82, 2.24) is 10.2 Å². The molecule has 25 heavy (non-hydrogen) atoms. The van der Waals surface area contributed by atoms with Crippen LogP contribution in [0.25, 0.3) is 0 Å². The molecule has 0 bridgehead atoms. The first-order valence-electron chi connectivity index (χ1n) is 8.98. The Labute approximate surface area is 153 Å². The summed E-state index contributed by atoms with van der Waals surface area (Å²) in [6.45, 7) is 4.03. The highest BCUT2D eigenvalue weighted by Crippen LogP contribution is 2.33. The molecule has 134 valence electrons. The van der Waals surface area contributed by atoms with Gasteiger partial charge in [0.05, 0.1) is 5.75 Å². The summed E-state index contributed by atoms with van der Waals surface area (Å²) in [4.78, 5) is 14.5. The topological polar surface area (TPSA) is 59.2 Å². The minimum Gasteiger partial charge on any atom is -0.416 e. The largest absolute Gasteiger partial charge is 0.416 e. The number of anilines is 1. The van der Waals surface area contributed by atoms with Crippen LogP contribution in [0.2, 0.25) is 0 Å². The molecule has 1 aliphatic carbocycles. The fraction of sp³-hybridized carbons (Fsp3) is 0.526. The number of para-hydroxylation sites is 1. The third-order valence-electron chi connectivity index (χ3n) is 4.52. The Kier molecular flexibility index (Phi) is 6.13. The van der Waals surface area contributed by atoms with Gasteiger partial charge in [-0.25, -0.2) is 0 Å². The third-order valence-corrected chi connectivity index (χ3v) is 5.32. The smallest absolute Gasteiger partial charge is 0.277 e. The van der Waals surface area contributed by atoms with Crippen molar-refractivity contribution in [2.24, 2.45) is 0 Å². The average molecular weight is 359 g/mol. The van der Waals surface area contributed by atoms with Gasteiger partial charge in [0.2, 0.25) is 11.8 Å². The van der Waals surface area contributed by atoms with E-state index in [1.807, 2.05) is 49.1 Å². The molecule has 0 saturated heterocycles. The Balaban J connectivity index is 1.60. The van der Waals surface area contributed by atoms with Crippen LogP contribution in [0.3, 0.4) is 0 Å². The minimum atomic E-state index is 0.0450. The zero-order valence-electron chi connectivity index (χ0n) is 14.9. The molecule has 5 nitrogen and oxygen atoms in total. The maximum Gasteiger partial charge on any atom is 0.277 e. The fourth-order valence-corrected chi connectivity index (χ4v) is 3.93. The molecule has 0 spiro atoms. The summed E-state index contributed by atoms with van der Waals surface area (Å²) in [6, 6.07) is 9.84. The Hall–Kier alpha value is -1.82. The van der Waals surface area contributed by atoms with E-state index in [1.54, 1.807) is 0 Å². The Morgan fingerprint density at radius 2 is 1.92 bits per heavy atom. The van der Waals surface area contributed by atoms with E-state index in [1.165, 1.54) is 31.0 Å². The van der Waals surface area contributed by atoms with E-state index in [2.05, 4.69) is 10.2 Å². The van der Waals surface area contributed by atoms with E-state index in [4.69, 9.17) is 4.42 Å². The summed E-state index contributed by atoms with van der Waals surface area (Å²) in [6.07, 6.45) is 6.01. The Bertz CT molecular complexity index is 681. The van der Waals surface area contributed by atoms with Crippen molar-refractivity contribution in [3.63, 3.8) is 0 Å². The van der Waals surface area contributed by atoms with Gasteiger partial charge in [0.15, 0.2) is 0 Å². The lowest BCUT2D eigenvalue weighted by Crippen LogP contribution is -2.38. The third kappa shape index (κ3) is 4.63. The zero-order chi connectivity index (χ0) is 17.6. The van der Waals surface area contributed by atoms with Crippen LogP contribution < -0.4 is 4.90 Å². The van der Waals surface area contributed by atoms with Gasteiger partial charge < -0.3 is 9.32 Å². The van der Waals surface area contributed by atoms with Gasteiger partial charge in [-0.3, -0.25) is 4.79 Å². The lowest BCUT2D eigenvalue weighted by Gasteiger charge is -2.26. The zero-order valence-corrected chi connectivity index (χ0v) is 15.7. The molecule has 0 unspecified atom stereocenters. The van der Waals surface area contributed by atoms with Gasteiger partial charge in [-0.1, -0.05) is 49.2 Å². The molecule has 1 fully saturated rings. The summed E-state index contributed by atoms with van der Waals surface area (Å²) < 4.78 is 5.79. The molecule has 1 aliphatic rings. The second-order valence-electron chi connectivity index (χ2n) is 6.72. The number of rotatable bonds is 6. The Morgan fingerprint density at radius 1 is 1.20 bits per heavy atom. The van der Waals surface area contributed by atoms with Crippen molar-refractivity contribution in [1.29, 1.82) is 0 Å². The molecular formula is C19H25N3O2S. The molecule has 0 N–H and O–H groups in total. The summed E-state index contributed by atoms with van der Waals surface area (Å²) in [5.41, 5.74) is 0.913. The number of benzene rings is 1. The summed E-state index contributed by atoms with van der Waals surface area (Å²) >= 11 is 1.32. The maximum atomic E-state index is 12.7. The van der Waals surface area contributed by atoms with Crippen LogP contribution in [0.5, 0.6) is 0 Å². The van der Waals surface area contributed by atoms with Crippen molar-refractivity contribution in [2.75, 3.05) is 10.7 Å². The lowest BCUT2D eigenvalue weighted by molar-refractivity contribution is -0.116. The predicted molar refractivity (Wildman–Crippen MR) is 99.9 cm³/mol. The number of thioether (sulfide) groups is 1. The van der Waals surface area contributed by atoms with Crippen LogP contribution in [0.4, 0.5) is 5.69 Å². The van der Waals surface area contributed by atoms with Crippen molar-refractivity contribution >= 4 is 23.4 Å². The van der Waals surface area contributed by atoms with Gasteiger partial charge in [0.25, 0.3) is 5.22 Å². The van der Waals surface area contributed by atoms with Crippen molar-refractivity contribution in [3.8, 4) is 0 Å². The molecule has 1 aromatic carbocycles. The van der Waals surface area contributed by atoms with Crippen LogP contribution in [0, 0.1) is 0 Å². The quantitative estimate of drug-likeness (QED) is 0.703. The second-order valence-corrected chi connectivity index (χ2v) is 7.65. The number of hydrogen-bond donors (Lipinski definition) is 0. The normalized spacial score (nSPS) is 15.5. The van der Waals surface area contributed by atoms with Crippen LogP contribution in [-0.2, 0) is 4.79 Å². The van der Waals surface area contributed by atoms with E-state index in [9.17, 15) is 4.79 Å². The monoisotopic (exact) mass is 359 g/mol. The number of nitrogens with zero attached hydrogens (tertiary/aromatic N) is 3. The maximum absolute atomic E-state index is 12.7. The second kappa shape index (κ2) is 8.52. The van der Waals surface area contributed by atoms with Gasteiger partial charge in [0, 0.05) is 17.6 Å². The van der Waals surface area contributed by atoms with E-state index in [-0.39, 0.29) is 11.9 Å². The number of hydrogen-bond acceptors (Lipinski definition) is 5. The number of carbonyl (C=O) groups excluding carboxylic acids is 1. The molecule has 1 aromatic heterocycles. The highest BCUT2D eigenvalue weighted by molar-refractivity contribution is 7.99. The van der Waals surface area contributed by atoms with Crippen LogP contribution in [-0.4, -0.2) is 27.9 Å². The standard InChI is InChI=1S/C19H25N3O2S/c1-14(2)22(16-11-7-4-8-12-16)17(23)13-25-19-21-20-18(24-19)15-9-5-3-6-10-15/h4,7-8,11-12,14-15H,3,5-6,9-10,13H2,1-2H3. The van der Waals surface area contributed by atoms with Crippen LogP contribution in [0.15, 0.2) is 40.0 Å². The van der Waals surface area contributed by atoms with E-state index in [0.29, 0.717) is 16.9 Å². The van der Waals surface area contributed by atoms with Gasteiger partial charge in [-0.15, -0.1) is 10.2 Å². The molecule has 2 aromatic rings. The van der Waals surface area contributed by atoms with Crippen LogP contribution in [0.1, 0.15) is 57.8 Å². The summed E-state index contributed by atoms with van der Waals surface area (Å²) in [7, 11) is 0. The number of amides is 1. The highest BCUT2D eigenvalue weighted by Gasteiger charge is 2.23. The van der Waals surface area contributed by atoms with Crippen molar-refractivity contribution < 1.29 is 9.21 Å². The van der Waals surface area contributed by atoms with Gasteiger partial charge in [-0.05, 0) is 38.8 Å². The molecule has 1 saturated carbocycles. The minimum absolute atomic E-state index is 0.0450. The lowest BCUT2D eigenvalue weighted by atomic mass is 9.89. The molecule has 0 atom stereocenters. The average Bonchev–Trinajstić information content (AvgIpc) is 3.10. The SMILES string of the molecule is CC(C)N(C(=O)CSc1nnc(C2CCCCC2)o1)c1ccccc1. The van der Waals surface area contributed by atoms with E-state index >= 15 is 0 Å². The number of aromatic nitrogens is 2. The molecule has 6 heteroatoms. The molecular weight excluding hydrogens is 334 g/mol. The summed E-state index contributed by atoms with van der Waals surface area (Å²) in [5.74, 6) is 1.46. The van der Waals surface area contributed by atoms with Gasteiger partial charge >= 0.3 is 0 Å². The predicted octanol–water partition coefficient (Wildman–Crippen LogP) is 4.65. The number of carbonyl (C=O) groups is 1.